The molecule has 0 amide bonds. The second kappa shape index (κ2) is 5.50. The van der Waals surface area contributed by atoms with E-state index in [9.17, 15) is 0 Å². The van der Waals surface area contributed by atoms with Crippen molar-refractivity contribution in [3.63, 3.8) is 0 Å². The SMILES string of the molecule is Cc1sc2nc(CSc3ccncc3N)nc(N)c2c1C. The largest absolute Gasteiger partial charge is 0.397 e. The van der Waals surface area contributed by atoms with E-state index in [0.29, 0.717) is 17.3 Å². The lowest BCUT2D eigenvalue weighted by molar-refractivity contribution is 1.08. The standard InChI is InChI=1S/C14H15N5S2/c1-7-8(2)21-14-12(7)13(16)18-11(19-14)6-20-10-3-4-17-5-9(10)15/h3-5H,6,15H2,1-2H3,(H2,16,18,19). The maximum atomic E-state index is 6.08. The molecule has 3 rings (SSSR count). The number of thiophene rings is 1. The number of thioether (sulfide) groups is 1. The molecule has 3 aromatic rings. The Kier molecular flexibility index (Phi) is 3.69. The summed E-state index contributed by atoms with van der Waals surface area (Å²) in [5, 5.41) is 0.981. The summed E-state index contributed by atoms with van der Waals surface area (Å²) in [7, 11) is 0. The third-order valence-electron chi connectivity index (χ3n) is 3.27. The molecular weight excluding hydrogens is 302 g/mol. The van der Waals surface area contributed by atoms with Gasteiger partial charge in [-0.15, -0.1) is 23.1 Å². The first-order valence-electron chi connectivity index (χ1n) is 6.40. The predicted octanol–water partition coefficient (Wildman–Crippen LogP) is 3.16. The molecular formula is C14H15N5S2. The van der Waals surface area contributed by atoms with Crippen LogP contribution < -0.4 is 11.5 Å². The lowest BCUT2D eigenvalue weighted by Crippen LogP contribution is -1.99. The lowest BCUT2D eigenvalue weighted by atomic mass is 10.2. The number of pyridine rings is 1. The highest BCUT2D eigenvalue weighted by atomic mass is 32.2. The number of aryl methyl sites for hydroxylation is 2. The highest BCUT2D eigenvalue weighted by Crippen LogP contribution is 2.33. The van der Waals surface area contributed by atoms with Crippen LogP contribution in [0, 0.1) is 13.8 Å². The monoisotopic (exact) mass is 317 g/mol. The van der Waals surface area contributed by atoms with Gasteiger partial charge in [0.05, 0.1) is 23.0 Å². The fourth-order valence-corrected chi connectivity index (χ4v) is 3.90. The zero-order valence-corrected chi connectivity index (χ0v) is 13.4. The minimum Gasteiger partial charge on any atom is -0.397 e. The van der Waals surface area contributed by atoms with Crippen molar-refractivity contribution in [1.82, 2.24) is 15.0 Å². The van der Waals surface area contributed by atoms with E-state index in [0.717, 1.165) is 20.9 Å². The molecule has 0 aliphatic rings. The van der Waals surface area contributed by atoms with Crippen LogP contribution in [0.2, 0.25) is 0 Å². The Hall–Kier alpha value is -1.86. The quantitative estimate of drug-likeness (QED) is 0.721. The van der Waals surface area contributed by atoms with Crippen LogP contribution in [0.15, 0.2) is 23.4 Å². The number of hydrogen-bond donors (Lipinski definition) is 2. The first-order valence-corrected chi connectivity index (χ1v) is 8.21. The van der Waals surface area contributed by atoms with E-state index in [1.54, 1.807) is 35.5 Å². The summed E-state index contributed by atoms with van der Waals surface area (Å²) < 4.78 is 0. The Labute approximate surface area is 130 Å². The van der Waals surface area contributed by atoms with E-state index in [-0.39, 0.29) is 0 Å². The van der Waals surface area contributed by atoms with Gasteiger partial charge in [0, 0.05) is 16.0 Å². The number of nitrogen functional groups attached to an aromatic ring is 2. The Balaban J connectivity index is 1.90. The normalized spacial score (nSPS) is 11.1. The van der Waals surface area contributed by atoms with Gasteiger partial charge >= 0.3 is 0 Å². The minimum atomic E-state index is 0.556. The molecule has 4 N–H and O–H groups in total. The molecule has 0 aliphatic carbocycles. The first-order chi connectivity index (χ1) is 10.1. The van der Waals surface area contributed by atoms with Gasteiger partial charge in [0.1, 0.15) is 16.5 Å². The van der Waals surface area contributed by atoms with E-state index < -0.39 is 0 Å². The average molecular weight is 317 g/mol. The zero-order chi connectivity index (χ0) is 15.0. The zero-order valence-electron chi connectivity index (χ0n) is 11.8. The molecule has 7 heteroatoms. The molecule has 3 heterocycles. The molecule has 21 heavy (non-hydrogen) atoms. The summed E-state index contributed by atoms with van der Waals surface area (Å²) >= 11 is 3.24. The van der Waals surface area contributed by atoms with Crippen molar-refractivity contribution < 1.29 is 0 Å². The number of nitrogens with two attached hydrogens (primary N) is 2. The molecule has 5 nitrogen and oxygen atoms in total. The maximum Gasteiger partial charge on any atom is 0.142 e. The number of hydrogen-bond acceptors (Lipinski definition) is 7. The van der Waals surface area contributed by atoms with Crippen LogP contribution in [0.5, 0.6) is 0 Å². The molecule has 0 aromatic carbocycles. The topological polar surface area (TPSA) is 90.7 Å². The Morgan fingerprint density at radius 3 is 2.81 bits per heavy atom. The molecule has 0 saturated carbocycles. The summed E-state index contributed by atoms with van der Waals surface area (Å²) in [5.74, 6) is 1.91. The number of anilines is 2. The second-order valence-electron chi connectivity index (χ2n) is 4.69. The van der Waals surface area contributed by atoms with Crippen molar-refractivity contribution in [2.75, 3.05) is 11.5 Å². The van der Waals surface area contributed by atoms with Crippen LogP contribution in [0.25, 0.3) is 10.2 Å². The van der Waals surface area contributed by atoms with Crippen LogP contribution in [-0.4, -0.2) is 15.0 Å². The summed E-state index contributed by atoms with van der Waals surface area (Å²) in [6.07, 6.45) is 3.37. The summed E-state index contributed by atoms with van der Waals surface area (Å²) in [5.41, 5.74) is 13.8. The van der Waals surface area contributed by atoms with E-state index in [2.05, 4.69) is 28.8 Å². The number of rotatable bonds is 3. The van der Waals surface area contributed by atoms with Gasteiger partial charge in [0.25, 0.3) is 0 Å². The van der Waals surface area contributed by atoms with Crippen LogP contribution >= 0.6 is 23.1 Å². The first kappa shape index (κ1) is 14.1. The van der Waals surface area contributed by atoms with Gasteiger partial charge in [0.15, 0.2) is 0 Å². The van der Waals surface area contributed by atoms with Gasteiger partial charge in [0.2, 0.25) is 0 Å². The fraction of sp³-hybridized carbons (Fsp3) is 0.214. The third kappa shape index (κ3) is 2.66. The second-order valence-corrected chi connectivity index (χ2v) is 6.91. The van der Waals surface area contributed by atoms with Crippen molar-refractivity contribution >= 4 is 44.8 Å². The predicted molar refractivity (Wildman–Crippen MR) is 89.5 cm³/mol. The van der Waals surface area contributed by atoms with Crippen LogP contribution in [0.1, 0.15) is 16.3 Å². The van der Waals surface area contributed by atoms with Gasteiger partial charge in [-0.1, -0.05) is 0 Å². The molecule has 0 saturated heterocycles. The number of fused-ring (bicyclic) bond motifs is 1. The minimum absolute atomic E-state index is 0.556. The van der Waals surface area contributed by atoms with E-state index in [1.165, 1.54) is 10.4 Å². The number of aromatic nitrogens is 3. The summed E-state index contributed by atoms with van der Waals surface area (Å²) in [6.45, 7) is 4.13. The fourth-order valence-electron chi connectivity index (χ4n) is 2.06. The van der Waals surface area contributed by atoms with Crippen molar-refractivity contribution in [1.29, 1.82) is 0 Å². The van der Waals surface area contributed by atoms with Crippen molar-refractivity contribution in [2.24, 2.45) is 0 Å². The molecule has 0 unspecified atom stereocenters. The van der Waals surface area contributed by atoms with E-state index >= 15 is 0 Å². The van der Waals surface area contributed by atoms with Gasteiger partial charge in [-0.05, 0) is 25.5 Å². The number of nitrogens with zero attached hydrogens (tertiary/aromatic N) is 3. The molecule has 0 atom stereocenters. The third-order valence-corrected chi connectivity index (χ3v) is 5.46. The molecule has 0 radical (unpaired) electrons. The smallest absolute Gasteiger partial charge is 0.142 e. The van der Waals surface area contributed by atoms with Crippen LogP contribution in [0.3, 0.4) is 0 Å². The molecule has 0 aliphatic heterocycles. The molecule has 3 aromatic heterocycles. The summed E-state index contributed by atoms with van der Waals surface area (Å²) in [4.78, 5) is 16.2. The van der Waals surface area contributed by atoms with Crippen molar-refractivity contribution in [3.05, 3.63) is 34.7 Å². The van der Waals surface area contributed by atoms with Gasteiger partial charge in [-0.25, -0.2) is 9.97 Å². The van der Waals surface area contributed by atoms with Crippen molar-refractivity contribution in [2.45, 2.75) is 24.5 Å². The lowest BCUT2D eigenvalue weighted by Gasteiger charge is -2.05. The maximum absolute atomic E-state index is 6.08. The average Bonchev–Trinajstić information content (AvgIpc) is 2.73. The Bertz CT molecular complexity index is 812. The van der Waals surface area contributed by atoms with E-state index in [1.807, 2.05) is 6.07 Å². The highest BCUT2D eigenvalue weighted by Gasteiger charge is 2.13. The van der Waals surface area contributed by atoms with Crippen LogP contribution in [-0.2, 0) is 5.75 Å². The van der Waals surface area contributed by atoms with Gasteiger partial charge < -0.3 is 11.5 Å². The molecule has 108 valence electrons. The highest BCUT2D eigenvalue weighted by molar-refractivity contribution is 7.98. The summed E-state index contributed by atoms with van der Waals surface area (Å²) in [6, 6.07) is 1.89. The molecule has 0 bridgehead atoms. The molecule has 0 spiro atoms. The van der Waals surface area contributed by atoms with E-state index in [4.69, 9.17) is 11.5 Å². The van der Waals surface area contributed by atoms with Crippen LogP contribution in [0.4, 0.5) is 11.5 Å². The Morgan fingerprint density at radius 2 is 2.05 bits per heavy atom. The molecule has 0 fully saturated rings. The Morgan fingerprint density at radius 1 is 1.24 bits per heavy atom. The van der Waals surface area contributed by atoms with Crippen molar-refractivity contribution in [3.8, 4) is 0 Å². The van der Waals surface area contributed by atoms with Gasteiger partial charge in [-0.3, -0.25) is 4.98 Å². The van der Waals surface area contributed by atoms with Gasteiger partial charge in [-0.2, -0.15) is 0 Å².